The van der Waals surface area contributed by atoms with E-state index in [-0.39, 0.29) is 0 Å². The molecule has 2 fully saturated rings. The van der Waals surface area contributed by atoms with Crippen LogP contribution >= 0.6 is 0 Å². The molecule has 0 spiro atoms. The van der Waals surface area contributed by atoms with Crippen LogP contribution in [0.3, 0.4) is 0 Å². The van der Waals surface area contributed by atoms with E-state index in [2.05, 4.69) is 17.1 Å². The van der Waals surface area contributed by atoms with Gasteiger partial charge in [0.2, 0.25) is 0 Å². The molecule has 17 heavy (non-hydrogen) atoms. The van der Waals surface area contributed by atoms with Crippen LogP contribution < -0.4 is 5.32 Å². The second kappa shape index (κ2) is 7.38. The van der Waals surface area contributed by atoms with E-state index in [1.807, 2.05) is 0 Å². The molecule has 2 rings (SSSR count). The number of hydrogen-bond acceptors (Lipinski definition) is 2. The molecule has 2 heteroatoms. The Balaban J connectivity index is 1.56. The lowest BCUT2D eigenvalue weighted by molar-refractivity contribution is 0.334. The molecule has 1 aliphatic carbocycles. The number of nitrogens with one attached hydrogen (secondary N) is 1. The van der Waals surface area contributed by atoms with Crippen molar-refractivity contribution in [1.29, 1.82) is 0 Å². The maximum Gasteiger partial charge on any atom is 0.00222 e. The van der Waals surface area contributed by atoms with Crippen LogP contribution in [-0.4, -0.2) is 37.6 Å². The van der Waals surface area contributed by atoms with Crippen LogP contribution in [0.4, 0.5) is 0 Å². The molecule has 0 aromatic heterocycles. The van der Waals surface area contributed by atoms with Crippen LogP contribution in [0.1, 0.15) is 51.9 Å². The molecule has 0 bridgehead atoms. The van der Waals surface area contributed by atoms with Gasteiger partial charge >= 0.3 is 0 Å². The fourth-order valence-corrected chi connectivity index (χ4v) is 3.43. The number of likely N-dealkylation sites (tertiary alicyclic amines) is 1. The lowest BCUT2D eigenvalue weighted by Crippen LogP contribution is -2.30. The average Bonchev–Trinajstić information content (AvgIpc) is 2.65. The van der Waals surface area contributed by atoms with E-state index in [1.165, 1.54) is 77.7 Å². The Labute approximate surface area is 107 Å². The molecule has 1 N–H and O–H groups in total. The van der Waals surface area contributed by atoms with Crippen molar-refractivity contribution in [2.75, 3.05) is 32.7 Å². The lowest BCUT2D eigenvalue weighted by atomic mass is 10.00. The largest absolute Gasteiger partial charge is 0.316 e. The lowest BCUT2D eigenvalue weighted by Gasteiger charge is -2.17. The summed E-state index contributed by atoms with van der Waals surface area (Å²) in [7, 11) is 0. The Hall–Kier alpha value is -0.0800. The van der Waals surface area contributed by atoms with Crippen molar-refractivity contribution in [2.45, 2.75) is 51.9 Å². The predicted molar refractivity (Wildman–Crippen MR) is 74.3 cm³/mol. The number of nitrogens with zero attached hydrogens (tertiary/aromatic N) is 1. The van der Waals surface area contributed by atoms with E-state index in [9.17, 15) is 0 Å². The van der Waals surface area contributed by atoms with Crippen molar-refractivity contribution >= 4 is 0 Å². The number of hydrogen-bond donors (Lipinski definition) is 1. The highest BCUT2D eigenvalue weighted by Gasteiger charge is 2.21. The Bertz CT molecular complexity index is 197. The molecule has 1 saturated heterocycles. The third-order valence-electron chi connectivity index (χ3n) is 4.66. The van der Waals surface area contributed by atoms with Crippen LogP contribution in [0.2, 0.25) is 0 Å². The van der Waals surface area contributed by atoms with E-state index in [4.69, 9.17) is 0 Å². The first-order valence-corrected chi connectivity index (χ1v) is 7.81. The van der Waals surface area contributed by atoms with Gasteiger partial charge in [-0.3, -0.25) is 0 Å². The van der Waals surface area contributed by atoms with Gasteiger partial charge in [0.25, 0.3) is 0 Å². The molecule has 1 saturated carbocycles. The first-order chi connectivity index (χ1) is 8.38. The van der Waals surface area contributed by atoms with Gasteiger partial charge in [0, 0.05) is 6.54 Å². The van der Waals surface area contributed by atoms with Gasteiger partial charge < -0.3 is 10.2 Å². The molecule has 0 aromatic rings. The van der Waals surface area contributed by atoms with Gasteiger partial charge in [-0.05, 0) is 57.3 Å². The van der Waals surface area contributed by atoms with Crippen molar-refractivity contribution in [3.8, 4) is 0 Å². The molecule has 0 radical (unpaired) electrons. The van der Waals surface area contributed by atoms with Crippen LogP contribution in [0, 0.1) is 11.8 Å². The average molecular weight is 238 g/mol. The van der Waals surface area contributed by atoms with E-state index < -0.39 is 0 Å². The van der Waals surface area contributed by atoms with Gasteiger partial charge in [0.15, 0.2) is 0 Å². The van der Waals surface area contributed by atoms with Gasteiger partial charge in [-0.2, -0.15) is 0 Å². The van der Waals surface area contributed by atoms with Gasteiger partial charge in [0.1, 0.15) is 0 Å². The summed E-state index contributed by atoms with van der Waals surface area (Å²) in [5.74, 6) is 1.89. The fourth-order valence-electron chi connectivity index (χ4n) is 3.43. The minimum Gasteiger partial charge on any atom is -0.316 e. The monoisotopic (exact) mass is 238 g/mol. The molecule has 0 amide bonds. The maximum absolute atomic E-state index is 3.74. The van der Waals surface area contributed by atoms with E-state index in [1.54, 1.807) is 0 Å². The van der Waals surface area contributed by atoms with Crippen LogP contribution in [0.25, 0.3) is 0 Å². The Morgan fingerprint density at radius 2 is 1.65 bits per heavy atom. The minimum absolute atomic E-state index is 0.917. The van der Waals surface area contributed by atoms with Crippen LogP contribution in [-0.2, 0) is 0 Å². The second-order valence-electron chi connectivity index (χ2n) is 6.06. The van der Waals surface area contributed by atoms with E-state index in [0.29, 0.717) is 0 Å². The van der Waals surface area contributed by atoms with E-state index in [0.717, 1.165) is 11.8 Å². The van der Waals surface area contributed by atoms with Gasteiger partial charge in [-0.15, -0.1) is 0 Å². The molecule has 0 aromatic carbocycles. The quantitative estimate of drug-likeness (QED) is 0.741. The first-order valence-electron chi connectivity index (χ1n) is 7.81. The molecule has 1 heterocycles. The minimum atomic E-state index is 0.917. The summed E-state index contributed by atoms with van der Waals surface area (Å²) < 4.78 is 0. The summed E-state index contributed by atoms with van der Waals surface area (Å²) >= 11 is 0. The zero-order valence-corrected chi connectivity index (χ0v) is 11.6. The summed E-state index contributed by atoms with van der Waals surface area (Å²) in [5.41, 5.74) is 0. The van der Waals surface area contributed by atoms with Crippen molar-refractivity contribution in [1.82, 2.24) is 10.2 Å². The summed E-state index contributed by atoms with van der Waals surface area (Å²) in [5, 5.41) is 3.74. The third-order valence-corrected chi connectivity index (χ3v) is 4.66. The maximum atomic E-state index is 3.74. The standard InChI is InChI=1S/C15H30N2/c1-2-17-10-9-15(13-17)12-16-11-14-7-5-3-4-6-8-14/h14-16H,2-13H2,1H3. The van der Waals surface area contributed by atoms with Crippen molar-refractivity contribution in [3.05, 3.63) is 0 Å². The number of rotatable bonds is 5. The highest BCUT2D eigenvalue weighted by molar-refractivity contribution is 4.77. The first kappa shape index (κ1) is 13.4. The SMILES string of the molecule is CCN1CCC(CNCC2CCCCCC2)C1. The van der Waals surface area contributed by atoms with Gasteiger partial charge in [-0.25, -0.2) is 0 Å². The van der Waals surface area contributed by atoms with Crippen molar-refractivity contribution < 1.29 is 0 Å². The molecular weight excluding hydrogens is 208 g/mol. The predicted octanol–water partition coefficient (Wildman–Crippen LogP) is 2.89. The summed E-state index contributed by atoms with van der Waals surface area (Å²) in [6, 6.07) is 0. The zero-order valence-electron chi connectivity index (χ0n) is 11.6. The second-order valence-corrected chi connectivity index (χ2v) is 6.06. The van der Waals surface area contributed by atoms with Crippen LogP contribution in [0.15, 0.2) is 0 Å². The van der Waals surface area contributed by atoms with E-state index >= 15 is 0 Å². The fraction of sp³-hybridized carbons (Fsp3) is 1.00. The smallest absolute Gasteiger partial charge is 0.00222 e. The van der Waals surface area contributed by atoms with Crippen molar-refractivity contribution in [2.24, 2.45) is 11.8 Å². The molecule has 1 unspecified atom stereocenters. The molecule has 1 aliphatic heterocycles. The highest BCUT2D eigenvalue weighted by Crippen LogP contribution is 2.22. The summed E-state index contributed by atoms with van der Waals surface area (Å²) in [6.07, 6.45) is 10.2. The molecule has 100 valence electrons. The Kier molecular flexibility index (Phi) is 5.79. The Morgan fingerprint density at radius 3 is 2.29 bits per heavy atom. The molecule has 2 aliphatic rings. The molecule has 2 nitrogen and oxygen atoms in total. The summed E-state index contributed by atoms with van der Waals surface area (Å²) in [6.45, 7) is 8.70. The van der Waals surface area contributed by atoms with Crippen LogP contribution in [0.5, 0.6) is 0 Å². The third kappa shape index (κ3) is 4.59. The Morgan fingerprint density at radius 1 is 0.941 bits per heavy atom. The molecule has 1 atom stereocenters. The molecular formula is C15H30N2. The zero-order chi connectivity index (χ0) is 11.9. The topological polar surface area (TPSA) is 15.3 Å². The summed E-state index contributed by atoms with van der Waals surface area (Å²) in [4.78, 5) is 2.58. The highest BCUT2D eigenvalue weighted by atomic mass is 15.1. The van der Waals surface area contributed by atoms with Crippen molar-refractivity contribution in [3.63, 3.8) is 0 Å². The normalized spacial score (nSPS) is 28.4. The van der Waals surface area contributed by atoms with Gasteiger partial charge in [0.05, 0.1) is 0 Å². The van der Waals surface area contributed by atoms with Gasteiger partial charge in [-0.1, -0.05) is 32.6 Å².